The molecule has 1 unspecified atom stereocenters. The molecule has 3 N–H and O–H groups in total. The van der Waals surface area contributed by atoms with Crippen LogP contribution in [0.5, 0.6) is 0 Å². The fourth-order valence-corrected chi connectivity index (χ4v) is 1.59. The molecular weight excluding hydrogens is 226 g/mol. The van der Waals surface area contributed by atoms with E-state index in [-0.39, 0.29) is 12.0 Å². The van der Waals surface area contributed by atoms with Gasteiger partial charge >= 0.3 is 0 Å². The van der Waals surface area contributed by atoms with Gasteiger partial charge in [-0.3, -0.25) is 4.79 Å². The van der Waals surface area contributed by atoms with Crippen molar-refractivity contribution < 1.29 is 13.6 Å². The summed E-state index contributed by atoms with van der Waals surface area (Å²) in [6.07, 6.45) is 0.770. The van der Waals surface area contributed by atoms with Crippen LogP contribution < -0.4 is 11.1 Å². The third kappa shape index (κ3) is 4.11. The van der Waals surface area contributed by atoms with Gasteiger partial charge < -0.3 is 11.1 Å². The summed E-state index contributed by atoms with van der Waals surface area (Å²) in [7, 11) is 0. The minimum atomic E-state index is -0.580. The lowest BCUT2D eigenvalue weighted by atomic mass is 10.0. The quantitative estimate of drug-likeness (QED) is 0.800. The van der Waals surface area contributed by atoms with Crippen LogP contribution in [0.1, 0.15) is 31.4 Å². The third-order valence-electron chi connectivity index (χ3n) is 2.38. The van der Waals surface area contributed by atoms with Gasteiger partial charge in [0.1, 0.15) is 11.6 Å². The predicted octanol–water partition coefficient (Wildman–Crippen LogP) is 1.88. The summed E-state index contributed by atoms with van der Waals surface area (Å²) in [5.74, 6) is -1.63. The fraction of sp³-hybridized carbons (Fsp3) is 0.417. The molecular formula is C12H16F2N2O. The van der Waals surface area contributed by atoms with Crippen LogP contribution in [0.3, 0.4) is 0 Å². The molecule has 0 spiro atoms. The third-order valence-corrected chi connectivity index (χ3v) is 2.38. The number of amides is 1. The molecule has 0 aliphatic carbocycles. The highest BCUT2D eigenvalue weighted by molar-refractivity contribution is 5.74. The molecule has 94 valence electrons. The smallest absolute Gasteiger partial charge is 0.219 e. The van der Waals surface area contributed by atoms with Crippen LogP contribution >= 0.6 is 0 Å². The number of primary amides is 1. The standard InChI is InChI=1S/C12H16F2N2O/c1-2-5-16-11(7-12(15)17)9-6-8(13)3-4-10(9)14/h3-4,6,11,16H,2,5,7H2,1H3,(H2,15,17). The highest BCUT2D eigenvalue weighted by Gasteiger charge is 2.18. The van der Waals surface area contributed by atoms with E-state index in [4.69, 9.17) is 5.73 Å². The Morgan fingerprint density at radius 3 is 2.76 bits per heavy atom. The second kappa shape index (κ2) is 6.30. The van der Waals surface area contributed by atoms with E-state index in [0.717, 1.165) is 24.6 Å². The number of nitrogens with one attached hydrogen (secondary N) is 1. The van der Waals surface area contributed by atoms with E-state index in [1.54, 1.807) is 0 Å². The Hall–Kier alpha value is -1.49. The summed E-state index contributed by atoms with van der Waals surface area (Å²) in [6.45, 7) is 2.55. The highest BCUT2D eigenvalue weighted by Crippen LogP contribution is 2.21. The van der Waals surface area contributed by atoms with Gasteiger partial charge in [0.05, 0.1) is 0 Å². The molecule has 0 aliphatic rings. The topological polar surface area (TPSA) is 55.1 Å². The summed E-state index contributed by atoms with van der Waals surface area (Å²) in [5, 5.41) is 2.98. The Kier molecular flexibility index (Phi) is 5.03. The molecule has 0 saturated heterocycles. The normalized spacial score (nSPS) is 12.4. The summed E-state index contributed by atoms with van der Waals surface area (Å²) in [5.41, 5.74) is 5.23. The first-order valence-electron chi connectivity index (χ1n) is 5.51. The van der Waals surface area contributed by atoms with Crippen molar-refractivity contribution in [2.45, 2.75) is 25.8 Å². The second-order valence-corrected chi connectivity index (χ2v) is 3.84. The number of carbonyl (C=O) groups excluding carboxylic acids is 1. The molecule has 0 saturated carbocycles. The van der Waals surface area contributed by atoms with Crippen molar-refractivity contribution in [2.75, 3.05) is 6.54 Å². The first kappa shape index (κ1) is 13.6. The van der Waals surface area contributed by atoms with Crippen LogP contribution in [0, 0.1) is 11.6 Å². The van der Waals surface area contributed by atoms with Crippen LogP contribution in [-0.2, 0) is 4.79 Å². The zero-order chi connectivity index (χ0) is 12.8. The molecule has 5 heteroatoms. The summed E-state index contributed by atoms with van der Waals surface area (Å²) >= 11 is 0. The Morgan fingerprint density at radius 1 is 1.47 bits per heavy atom. The first-order chi connectivity index (χ1) is 8.04. The molecule has 1 atom stereocenters. The molecule has 0 heterocycles. The van der Waals surface area contributed by atoms with Crippen molar-refractivity contribution in [1.29, 1.82) is 0 Å². The van der Waals surface area contributed by atoms with Crippen LogP contribution in [0.4, 0.5) is 8.78 Å². The molecule has 0 radical (unpaired) electrons. The lowest BCUT2D eigenvalue weighted by Gasteiger charge is -2.18. The number of hydrogen-bond acceptors (Lipinski definition) is 2. The Balaban J connectivity index is 2.93. The van der Waals surface area contributed by atoms with E-state index in [2.05, 4.69) is 5.32 Å². The molecule has 1 amide bonds. The maximum Gasteiger partial charge on any atom is 0.219 e. The second-order valence-electron chi connectivity index (χ2n) is 3.84. The maximum atomic E-state index is 13.5. The van der Waals surface area contributed by atoms with Gasteiger partial charge in [-0.05, 0) is 31.2 Å². The predicted molar refractivity (Wildman–Crippen MR) is 61.2 cm³/mol. The Morgan fingerprint density at radius 2 is 2.18 bits per heavy atom. The molecule has 0 bridgehead atoms. The molecule has 1 aromatic rings. The van der Waals surface area contributed by atoms with E-state index in [1.807, 2.05) is 6.92 Å². The average Bonchev–Trinajstić information content (AvgIpc) is 2.27. The minimum Gasteiger partial charge on any atom is -0.370 e. The van der Waals surface area contributed by atoms with Gasteiger partial charge in [0.25, 0.3) is 0 Å². The Labute approximate surface area is 99.0 Å². The zero-order valence-corrected chi connectivity index (χ0v) is 9.67. The summed E-state index contributed by atoms with van der Waals surface area (Å²) in [6, 6.07) is 2.60. The van der Waals surface area contributed by atoms with E-state index < -0.39 is 23.6 Å². The minimum absolute atomic E-state index is 0.0552. The molecule has 0 aromatic heterocycles. The number of rotatable bonds is 6. The number of benzene rings is 1. The van der Waals surface area contributed by atoms with Gasteiger partial charge in [0.15, 0.2) is 0 Å². The van der Waals surface area contributed by atoms with E-state index in [9.17, 15) is 13.6 Å². The molecule has 1 rings (SSSR count). The van der Waals surface area contributed by atoms with Crippen LogP contribution in [0.2, 0.25) is 0 Å². The lowest BCUT2D eigenvalue weighted by molar-refractivity contribution is -0.118. The molecule has 17 heavy (non-hydrogen) atoms. The van der Waals surface area contributed by atoms with Crippen molar-refractivity contribution in [2.24, 2.45) is 5.73 Å². The van der Waals surface area contributed by atoms with Crippen LogP contribution in [0.15, 0.2) is 18.2 Å². The van der Waals surface area contributed by atoms with Crippen molar-refractivity contribution in [3.63, 3.8) is 0 Å². The largest absolute Gasteiger partial charge is 0.370 e. The Bertz CT molecular complexity index is 396. The highest BCUT2D eigenvalue weighted by atomic mass is 19.1. The number of nitrogens with two attached hydrogens (primary N) is 1. The van der Waals surface area contributed by atoms with Gasteiger partial charge in [-0.15, -0.1) is 0 Å². The molecule has 0 fully saturated rings. The summed E-state index contributed by atoms with van der Waals surface area (Å²) in [4.78, 5) is 10.9. The number of halogens is 2. The van der Waals surface area contributed by atoms with Crippen molar-refractivity contribution in [1.82, 2.24) is 5.32 Å². The SMILES string of the molecule is CCCNC(CC(N)=O)c1cc(F)ccc1F. The monoisotopic (exact) mass is 242 g/mol. The number of hydrogen-bond donors (Lipinski definition) is 2. The van der Waals surface area contributed by atoms with E-state index in [0.29, 0.717) is 6.54 Å². The van der Waals surface area contributed by atoms with Crippen LogP contribution in [-0.4, -0.2) is 12.5 Å². The van der Waals surface area contributed by atoms with Gasteiger partial charge in [-0.1, -0.05) is 6.92 Å². The zero-order valence-electron chi connectivity index (χ0n) is 9.67. The van der Waals surface area contributed by atoms with Crippen molar-refractivity contribution in [3.05, 3.63) is 35.4 Å². The number of carbonyl (C=O) groups is 1. The maximum absolute atomic E-state index is 13.5. The molecule has 0 aliphatic heterocycles. The van der Waals surface area contributed by atoms with E-state index >= 15 is 0 Å². The fourth-order valence-electron chi connectivity index (χ4n) is 1.59. The van der Waals surface area contributed by atoms with E-state index in [1.165, 1.54) is 0 Å². The molecule has 1 aromatic carbocycles. The van der Waals surface area contributed by atoms with Crippen molar-refractivity contribution >= 4 is 5.91 Å². The van der Waals surface area contributed by atoms with Crippen LogP contribution in [0.25, 0.3) is 0 Å². The van der Waals surface area contributed by atoms with Gasteiger partial charge in [0.2, 0.25) is 5.91 Å². The van der Waals surface area contributed by atoms with Crippen molar-refractivity contribution in [3.8, 4) is 0 Å². The average molecular weight is 242 g/mol. The molecule has 3 nitrogen and oxygen atoms in total. The van der Waals surface area contributed by atoms with Gasteiger partial charge in [-0.25, -0.2) is 8.78 Å². The first-order valence-corrected chi connectivity index (χ1v) is 5.51. The summed E-state index contributed by atoms with van der Waals surface area (Å²) < 4.78 is 26.6. The lowest BCUT2D eigenvalue weighted by Crippen LogP contribution is -2.28. The van der Waals surface area contributed by atoms with Gasteiger partial charge in [0, 0.05) is 18.0 Å². The van der Waals surface area contributed by atoms with Gasteiger partial charge in [-0.2, -0.15) is 0 Å².